The molecular weight excluding hydrogens is 334 g/mol. The summed E-state index contributed by atoms with van der Waals surface area (Å²) in [5.41, 5.74) is 1.10. The van der Waals surface area contributed by atoms with Crippen LogP contribution in [0.1, 0.15) is 25.3 Å². The van der Waals surface area contributed by atoms with Gasteiger partial charge in [0.1, 0.15) is 24.2 Å². The summed E-state index contributed by atoms with van der Waals surface area (Å²) in [7, 11) is 0. The van der Waals surface area contributed by atoms with E-state index in [1.165, 1.54) is 0 Å². The van der Waals surface area contributed by atoms with Crippen LogP contribution >= 0.6 is 0 Å². The van der Waals surface area contributed by atoms with Crippen LogP contribution in [0, 0.1) is 0 Å². The molecule has 0 spiro atoms. The molecule has 6 heteroatoms. The second-order valence-electron chi connectivity index (χ2n) is 6.18. The number of carbonyl (C=O) groups is 1. The van der Waals surface area contributed by atoms with Gasteiger partial charge in [-0.3, -0.25) is 0 Å². The van der Waals surface area contributed by atoms with Crippen LogP contribution in [0.2, 0.25) is 0 Å². The molecule has 2 heterocycles. The zero-order chi connectivity index (χ0) is 18.2. The number of benzene rings is 1. The normalized spacial score (nSPS) is 19.7. The Bertz CT molecular complexity index is 681. The summed E-state index contributed by atoms with van der Waals surface area (Å²) in [5.74, 6) is 1.31. The third-order valence-corrected chi connectivity index (χ3v) is 3.91. The van der Waals surface area contributed by atoms with Gasteiger partial charge in [-0.2, -0.15) is 0 Å². The van der Waals surface area contributed by atoms with E-state index in [2.05, 4.69) is 4.98 Å². The number of aromatic nitrogens is 1. The van der Waals surface area contributed by atoms with E-state index in [9.17, 15) is 4.79 Å². The minimum absolute atomic E-state index is 0.134. The molecule has 26 heavy (non-hydrogen) atoms. The fourth-order valence-corrected chi connectivity index (χ4v) is 2.51. The highest BCUT2D eigenvalue weighted by Crippen LogP contribution is 2.19. The van der Waals surface area contributed by atoms with E-state index in [1.807, 2.05) is 36.4 Å². The summed E-state index contributed by atoms with van der Waals surface area (Å²) in [4.78, 5) is 15.3. The van der Waals surface area contributed by atoms with Crippen molar-refractivity contribution in [2.24, 2.45) is 0 Å². The monoisotopic (exact) mass is 357 g/mol. The maximum absolute atomic E-state index is 11.0. The summed E-state index contributed by atoms with van der Waals surface area (Å²) in [6.45, 7) is 2.88. The molecule has 0 unspecified atom stereocenters. The summed E-state index contributed by atoms with van der Waals surface area (Å²) in [6, 6.07) is 13.5. The SMILES string of the molecule is CC(=O)CCC1OCC(Oc2ccc(OCc3ccccc3)cn2)CO1. The molecule has 138 valence electrons. The zero-order valence-corrected chi connectivity index (χ0v) is 14.8. The Labute approximate surface area is 153 Å². The van der Waals surface area contributed by atoms with Crippen LogP contribution in [-0.4, -0.2) is 36.4 Å². The maximum Gasteiger partial charge on any atom is 0.213 e. The van der Waals surface area contributed by atoms with E-state index in [4.69, 9.17) is 18.9 Å². The smallest absolute Gasteiger partial charge is 0.213 e. The van der Waals surface area contributed by atoms with Crippen molar-refractivity contribution in [2.45, 2.75) is 38.8 Å². The lowest BCUT2D eigenvalue weighted by atomic mass is 10.2. The second-order valence-corrected chi connectivity index (χ2v) is 6.18. The molecule has 0 radical (unpaired) electrons. The molecule has 2 aromatic rings. The molecule has 1 aliphatic rings. The average Bonchev–Trinajstić information content (AvgIpc) is 2.68. The fourth-order valence-electron chi connectivity index (χ4n) is 2.51. The number of ketones is 1. The van der Waals surface area contributed by atoms with Crippen molar-refractivity contribution in [1.82, 2.24) is 4.98 Å². The number of nitrogens with zero attached hydrogens (tertiary/aromatic N) is 1. The minimum atomic E-state index is -0.333. The first kappa shape index (κ1) is 18.4. The van der Waals surface area contributed by atoms with E-state index in [0.717, 1.165) is 5.56 Å². The molecule has 1 aromatic heterocycles. The first-order valence-corrected chi connectivity index (χ1v) is 8.71. The van der Waals surface area contributed by atoms with Gasteiger partial charge in [-0.25, -0.2) is 4.98 Å². The lowest BCUT2D eigenvalue weighted by Gasteiger charge is -2.29. The van der Waals surface area contributed by atoms with Crippen molar-refractivity contribution in [2.75, 3.05) is 13.2 Å². The third-order valence-electron chi connectivity index (χ3n) is 3.91. The van der Waals surface area contributed by atoms with E-state index < -0.39 is 0 Å². The predicted octanol–water partition coefficient (Wildman–Crippen LogP) is 3.15. The van der Waals surface area contributed by atoms with Crippen LogP contribution in [0.3, 0.4) is 0 Å². The van der Waals surface area contributed by atoms with Crippen molar-refractivity contribution >= 4 is 5.78 Å². The van der Waals surface area contributed by atoms with Crippen molar-refractivity contribution in [3.8, 4) is 11.6 Å². The van der Waals surface area contributed by atoms with Crippen molar-refractivity contribution in [3.63, 3.8) is 0 Å². The number of hydrogen-bond acceptors (Lipinski definition) is 6. The Hall–Kier alpha value is -2.44. The first-order valence-electron chi connectivity index (χ1n) is 8.71. The molecule has 0 atom stereocenters. The van der Waals surface area contributed by atoms with Gasteiger partial charge in [-0.1, -0.05) is 30.3 Å². The average molecular weight is 357 g/mol. The number of ether oxygens (including phenoxy) is 4. The lowest BCUT2D eigenvalue weighted by Crippen LogP contribution is -2.39. The lowest BCUT2D eigenvalue weighted by molar-refractivity contribution is -0.213. The van der Waals surface area contributed by atoms with Crippen LogP contribution in [0.5, 0.6) is 11.6 Å². The van der Waals surface area contributed by atoms with Gasteiger partial charge in [0.2, 0.25) is 5.88 Å². The largest absolute Gasteiger partial charge is 0.487 e. The maximum atomic E-state index is 11.0. The molecule has 3 rings (SSSR count). The Morgan fingerprint density at radius 1 is 1.15 bits per heavy atom. The quantitative estimate of drug-likeness (QED) is 0.723. The molecule has 0 amide bonds. The van der Waals surface area contributed by atoms with Crippen molar-refractivity contribution in [1.29, 1.82) is 0 Å². The minimum Gasteiger partial charge on any atom is -0.487 e. The molecular formula is C20H23NO5. The fraction of sp³-hybridized carbons (Fsp3) is 0.400. The standard InChI is InChI=1S/C20H23NO5/c1-15(22)7-10-20-24-13-18(14-25-20)26-19-9-8-17(11-21-19)23-12-16-5-3-2-4-6-16/h2-6,8-9,11,18,20H,7,10,12-14H2,1H3. The van der Waals surface area contributed by atoms with Crippen LogP contribution < -0.4 is 9.47 Å². The van der Waals surface area contributed by atoms with Gasteiger partial charge in [0, 0.05) is 18.9 Å². The van der Waals surface area contributed by atoms with Crippen LogP contribution in [0.25, 0.3) is 0 Å². The van der Waals surface area contributed by atoms with Gasteiger partial charge in [0.25, 0.3) is 0 Å². The number of carbonyl (C=O) groups excluding carboxylic acids is 1. The van der Waals surface area contributed by atoms with Crippen LogP contribution in [-0.2, 0) is 20.9 Å². The summed E-state index contributed by atoms with van der Waals surface area (Å²) < 4.78 is 22.6. The van der Waals surface area contributed by atoms with E-state index >= 15 is 0 Å². The Morgan fingerprint density at radius 2 is 1.92 bits per heavy atom. The summed E-state index contributed by atoms with van der Waals surface area (Å²) in [5, 5.41) is 0. The number of Topliss-reactive ketones (excluding diaryl/α,β-unsaturated/α-hetero) is 1. The van der Waals surface area contributed by atoms with E-state index in [1.54, 1.807) is 19.2 Å². The van der Waals surface area contributed by atoms with Gasteiger partial charge in [-0.05, 0) is 18.6 Å². The molecule has 0 bridgehead atoms. The summed E-state index contributed by atoms with van der Waals surface area (Å²) in [6.07, 6.45) is 2.13. The van der Waals surface area contributed by atoms with Crippen LogP contribution in [0.4, 0.5) is 0 Å². The molecule has 1 fully saturated rings. The van der Waals surface area contributed by atoms with Gasteiger partial charge >= 0.3 is 0 Å². The van der Waals surface area contributed by atoms with Gasteiger partial charge in [-0.15, -0.1) is 0 Å². The first-order chi connectivity index (χ1) is 12.7. The molecule has 6 nitrogen and oxygen atoms in total. The van der Waals surface area contributed by atoms with Gasteiger partial charge in [0.15, 0.2) is 6.29 Å². The summed E-state index contributed by atoms with van der Waals surface area (Å²) >= 11 is 0. The van der Waals surface area contributed by atoms with E-state index in [0.29, 0.717) is 44.3 Å². The van der Waals surface area contributed by atoms with Crippen molar-refractivity contribution < 1.29 is 23.7 Å². The third kappa shape index (κ3) is 5.82. The van der Waals surface area contributed by atoms with E-state index in [-0.39, 0.29) is 18.2 Å². The number of hydrogen-bond donors (Lipinski definition) is 0. The topological polar surface area (TPSA) is 66.9 Å². The van der Waals surface area contributed by atoms with Crippen molar-refractivity contribution in [3.05, 3.63) is 54.2 Å². The Kier molecular flexibility index (Phi) is 6.57. The second kappa shape index (κ2) is 9.31. The molecule has 0 saturated carbocycles. The number of pyridine rings is 1. The molecule has 1 aromatic carbocycles. The van der Waals surface area contributed by atoms with Gasteiger partial charge < -0.3 is 23.7 Å². The highest BCUT2D eigenvalue weighted by Gasteiger charge is 2.24. The Balaban J connectivity index is 1.41. The highest BCUT2D eigenvalue weighted by molar-refractivity contribution is 5.75. The number of rotatable bonds is 8. The Morgan fingerprint density at radius 3 is 2.58 bits per heavy atom. The molecule has 1 saturated heterocycles. The van der Waals surface area contributed by atoms with Gasteiger partial charge in [0.05, 0.1) is 19.4 Å². The molecule has 0 N–H and O–H groups in total. The van der Waals surface area contributed by atoms with Crippen LogP contribution in [0.15, 0.2) is 48.7 Å². The molecule has 1 aliphatic heterocycles. The predicted molar refractivity (Wildman–Crippen MR) is 95.0 cm³/mol. The highest BCUT2D eigenvalue weighted by atomic mass is 16.7. The molecule has 0 aliphatic carbocycles. The zero-order valence-electron chi connectivity index (χ0n) is 14.8.